The molecule has 128 valence electrons. The molecular weight excluding hydrogens is 336 g/mol. The van der Waals surface area contributed by atoms with Gasteiger partial charge in [0, 0.05) is 5.69 Å². The summed E-state index contributed by atoms with van der Waals surface area (Å²) >= 11 is 0. The van der Waals surface area contributed by atoms with E-state index in [2.05, 4.69) is 10.0 Å². The average molecular weight is 352 g/mol. The lowest BCUT2D eigenvalue weighted by Gasteiger charge is -2.15. The van der Waals surface area contributed by atoms with Crippen LogP contribution in [0.2, 0.25) is 0 Å². The molecule has 1 fully saturated rings. The number of aliphatic hydroxyl groups is 1. The summed E-state index contributed by atoms with van der Waals surface area (Å²) in [5.74, 6) is -0.274. The van der Waals surface area contributed by atoms with Crippen LogP contribution < -0.4 is 10.0 Å². The maximum Gasteiger partial charge on any atom is 0.291 e. The first-order chi connectivity index (χ1) is 11.5. The van der Waals surface area contributed by atoms with Gasteiger partial charge in [-0.25, -0.2) is 13.1 Å². The third kappa shape index (κ3) is 3.65. The molecule has 0 radical (unpaired) electrons. The van der Waals surface area contributed by atoms with Crippen molar-refractivity contribution in [2.45, 2.75) is 23.6 Å². The number of rotatable bonds is 5. The second-order valence-corrected chi connectivity index (χ2v) is 6.95. The largest absolute Gasteiger partial charge is 0.459 e. The van der Waals surface area contributed by atoms with Gasteiger partial charge in [-0.3, -0.25) is 4.79 Å². The molecule has 1 aromatic carbocycles. The quantitative estimate of drug-likeness (QED) is 0.736. The molecule has 1 aliphatic rings. The van der Waals surface area contributed by atoms with Gasteiger partial charge in [-0.15, -0.1) is 0 Å². The van der Waals surface area contributed by atoms with Gasteiger partial charge in [-0.05, 0) is 42.8 Å². The number of nitrogens with one attached hydrogen (secondary N) is 2. The van der Waals surface area contributed by atoms with E-state index in [1.165, 1.54) is 36.6 Å². The molecule has 0 aliphatic carbocycles. The second-order valence-electron chi connectivity index (χ2n) is 5.23. The molecule has 2 heterocycles. The Bertz CT molecular complexity index is 801. The van der Waals surface area contributed by atoms with Gasteiger partial charge < -0.3 is 19.6 Å². The minimum absolute atomic E-state index is 0.0256. The van der Waals surface area contributed by atoms with Crippen molar-refractivity contribution in [1.82, 2.24) is 4.72 Å². The Balaban J connectivity index is 1.68. The monoisotopic (exact) mass is 352 g/mol. The van der Waals surface area contributed by atoms with Gasteiger partial charge >= 0.3 is 0 Å². The van der Waals surface area contributed by atoms with Crippen molar-refractivity contribution in [2.24, 2.45) is 0 Å². The lowest BCUT2D eigenvalue weighted by Crippen LogP contribution is -2.40. The topological polar surface area (TPSA) is 118 Å². The molecule has 2 atom stereocenters. The number of sulfonamides is 1. The Hall–Kier alpha value is -2.20. The SMILES string of the molecule is O=C(Nc1ccc(S(=O)(=O)N[C@H]2CCO[C@@H]2O)cc1)c1ccco1. The van der Waals surface area contributed by atoms with Crippen molar-refractivity contribution in [3.05, 3.63) is 48.4 Å². The van der Waals surface area contributed by atoms with Crippen LogP contribution in [-0.2, 0) is 14.8 Å². The number of furan rings is 1. The minimum atomic E-state index is -3.79. The van der Waals surface area contributed by atoms with Crippen LogP contribution in [0.1, 0.15) is 17.0 Å². The molecule has 0 saturated carbocycles. The molecule has 24 heavy (non-hydrogen) atoms. The summed E-state index contributed by atoms with van der Waals surface area (Å²) in [6, 6.07) is 8.11. The van der Waals surface area contributed by atoms with E-state index in [1.54, 1.807) is 6.07 Å². The number of benzene rings is 1. The number of ether oxygens (including phenoxy) is 1. The van der Waals surface area contributed by atoms with Crippen LogP contribution in [-0.4, -0.2) is 38.4 Å². The molecule has 3 rings (SSSR count). The molecule has 2 aromatic rings. The summed E-state index contributed by atoms with van der Waals surface area (Å²) in [5, 5.41) is 12.1. The summed E-state index contributed by atoms with van der Waals surface area (Å²) in [6.07, 6.45) is 0.640. The van der Waals surface area contributed by atoms with E-state index < -0.39 is 28.3 Å². The Kier molecular flexibility index (Phi) is 4.67. The number of carbonyl (C=O) groups excluding carboxylic acids is 1. The van der Waals surface area contributed by atoms with E-state index >= 15 is 0 Å². The second kappa shape index (κ2) is 6.73. The number of anilines is 1. The van der Waals surface area contributed by atoms with Gasteiger partial charge in [-0.1, -0.05) is 0 Å². The number of aliphatic hydroxyl groups excluding tert-OH is 1. The fourth-order valence-electron chi connectivity index (χ4n) is 2.28. The standard InChI is InChI=1S/C15H16N2O6S/c18-14(13-2-1-8-22-13)16-10-3-5-11(6-4-10)24(20,21)17-12-7-9-23-15(12)19/h1-6,8,12,15,17,19H,7,9H2,(H,16,18)/t12-,15-/m0/s1. The van der Waals surface area contributed by atoms with E-state index in [1.807, 2.05) is 0 Å². The molecule has 9 heteroatoms. The van der Waals surface area contributed by atoms with Crippen LogP contribution in [0.3, 0.4) is 0 Å². The zero-order valence-corrected chi connectivity index (χ0v) is 13.3. The normalized spacial score (nSPS) is 20.9. The first-order valence-electron chi connectivity index (χ1n) is 7.23. The summed E-state index contributed by atoms with van der Waals surface area (Å²) in [4.78, 5) is 11.9. The first kappa shape index (κ1) is 16.7. The van der Waals surface area contributed by atoms with Crippen molar-refractivity contribution in [2.75, 3.05) is 11.9 Å². The maximum absolute atomic E-state index is 12.3. The molecule has 1 aromatic heterocycles. The lowest BCUT2D eigenvalue weighted by atomic mass is 10.3. The number of hydrogen-bond acceptors (Lipinski definition) is 6. The lowest BCUT2D eigenvalue weighted by molar-refractivity contribution is -0.0686. The number of hydrogen-bond donors (Lipinski definition) is 3. The van der Waals surface area contributed by atoms with Crippen molar-refractivity contribution in [3.8, 4) is 0 Å². The predicted molar refractivity (Wildman–Crippen MR) is 83.8 cm³/mol. The molecule has 1 saturated heterocycles. The Morgan fingerprint density at radius 1 is 1.21 bits per heavy atom. The van der Waals surface area contributed by atoms with E-state index in [-0.39, 0.29) is 10.7 Å². The highest BCUT2D eigenvalue weighted by Crippen LogP contribution is 2.18. The Morgan fingerprint density at radius 2 is 1.96 bits per heavy atom. The third-order valence-corrected chi connectivity index (χ3v) is 5.04. The molecule has 0 bridgehead atoms. The highest BCUT2D eigenvalue weighted by atomic mass is 32.2. The van der Waals surface area contributed by atoms with E-state index in [0.717, 1.165) is 0 Å². The van der Waals surface area contributed by atoms with E-state index in [9.17, 15) is 18.3 Å². The Labute approximate surface area is 138 Å². The zero-order chi connectivity index (χ0) is 17.2. The molecule has 1 amide bonds. The van der Waals surface area contributed by atoms with Crippen LogP contribution in [0.5, 0.6) is 0 Å². The summed E-state index contributed by atoms with van der Waals surface area (Å²) < 4.78 is 36.8. The average Bonchev–Trinajstić information content (AvgIpc) is 3.20. The van der Waals surface area contributed by atoms with Crippen molar-refractivity contribution >= 4 is 21.6 Å². The summed E-state index contributed by atoms with van der Waals surface area (Å²) in [5.41, 5.74) is 0.430. The number of amides is 1. The van der Waals surface area contributed by atoms with Crippen molar-refractivity contribution in [3.63, 3.8) is 0 Å². The third-order valence-electron chi connectivity index (χ3n) is 3.54. The van der Waals surface area contributed by atoms with Crippen LogP contribution >= 0.6 is 0 Å². The minimum Gasteiger partial charge on any atom is -0.459 e. The molecule has 0 spiro atoms. The van der Waals surface area contributed by atoms with Gasteiger partial charge in [-0.2, -0.15) is 0 Å². The molecule has 8 nitrogen and oxygen atoms in total. The summed E-state index contributed by atoms with van der Waals surface area (Å²) in [6.45, 7) is 0.298. The first-order valence-corrected chi connectivity index (χ1v) is 8.71. The van der Waals surface area contributed by atoms with E-state index in [4.69, 9.17) is 9.15 Å². The van der Waals surface area contributed by atoms with Gasteiger partial charge in [0.15, 0.2) is 12.1 Å². The van der Waals surface area contributed by atoms with Gasteiger partial charge in [0.2, 0.25) is 10.0 Å². The highest BCUT2D eigenvalue weighted by Gasteiger charge is 2.30. The van der Waals surface area contributed by atoms with Crippen LogP contribution in [0, 0.1) is 0 Å². The number of carbonyl (C=O) groups is 1. The van der Waals surface area contributed by atoms with Crippen molar-refractivity contribution < 1.29 is 27.5 Å². The highest BCUT2D eigenvalue weighted by molar-refractivity contribution is 7.89. The van der Waals surface area contributed by atoms with Crippen molar-refractivity contribution in [1.29, 1.82) is 0 Å². The Morgan fingerprint density at radius 3 is 2.54 bits per heavy atom. The fourth-order valence-corrected chi connectivity index (χ4v) is 3.54. The van der Waals surface area contributed by atoms with Crippen LogP contribution in [0.25, 0.3) is 0 Å². The zero-order valence-electron chi connectivity index (χ0n) is 12.5. The predicted octanol–water partition coefficient (Wildman–Crippen LogP) is 0.917. The van der Waals surface area contributed by atoms with Crippen LogP contribution in [0.4, 0.5) is 5.69 Å². The summed E-state index contributed by atoms with van der Waals surface area (Å²) in [7, 11) is -3.79. The smallest absolute Gasteiger partial charge is 0.291 e. The van der Waals surface area contributed by atoms with Gasteiger partial charge in [0.05, 0.1) is 23.8 Å². The molecule has 1 aliphatic heterocycles. The van der Waals surface area contributed by atoms with Gasteiger partial charge in [0.25, 0.3) is 5.91 Å². The van der Waals surface area contributed by atoms with E-state index in [0.29, 0.717) is 18.7 Å². The fraction of sp³-hybridized carbons (Fsp3) is 0.267. The molecule has 3 N–H and O–H groups in total. The molecule has 0 unspecified atom stereocenters. The maximum atomic E-state index is 12.3. The van der Waals surface area contributed by atoms with Crippen LogP contribution in [0.15, 0.2) is 52.0 Å². The molecular formula is C15H16N2O6S. The van der Waals surface area contributed by atoms with Gasteiger partial charge in [0.1, 0.15) is 0 Å².